The predicted molar refractivity (Wildman–Crippen MR) is 65.8 cm³/mol. The van der Waals surface area contributed by atoms with E-state index in [0.717, 1.165) is 31.1 Å². The normalized spacial score (nSPS) is 24.6. The van der Waals surface area contributed by atoms with Crippen LogP contribution < -0.4 is 5.32 Å². The van der Waals surface area contributed by atoms with Gasteiger partial charge in [0.1, 0.15) is 0 Å². The Hall–Kier alpha value is -0.260. The molecule has 0 aliphatic carbocycles. The molecule has 1 aliphatic rings. The van der Waals surface area contributed by atoms with E-state index < -0.39 is 0 Å². The number of methoxy groups -OCH3 is 1. The number of hydrogen-bond acceptors (Lipinski definition) is 5. The summed E-state index contributed by atoms with van der Waals surface area (Å²) in [6, 6.07) is 0.501. The molecule has 94 valence electrons. The first-order chi connectivity index (χ1) is 7.74. The molecule has 4 nitrogen and oxygen atoms in total. The first-order valence-corrected chi connectivity index (χ1v) is 6.89. The molecule has 1 heterocycles. The van der Waals surface area contributed by atoms with Crippen LogP contribution in [0.3, 0.4) is 0 Å². The lowest BCUT2D eigenvalue weighted by Gasteiger charge is -2.15. The highest BCUT2D eigenvalue weighted by atomic mass is 32.2. The van der Waals surface area contributed by atoms with Crippen molar-refractivity contribution in [2.75, 3.05) is 31.8 Å². The molecule has 0 aromatic rings. The van der Waals surface area contributed by atoms with Gasteiger partial charge in [0.2, 0.25) is 0 Å². The molecular formula is C11H21NO3S. The van der Waals surface area contributed by atoms with Gasteiger partial charge in [0.05, 0.1) is 19.6 Å². The molecule has 1 aliphatic heterocycles. The minimum absolute atomic E-state index is 0.127. The van der Waals surface area contributed by atoms with Gasteiger partial charge in [-0.3, -0.25) is 4.79 Å². The van der Waals surface area contributed by atoms with Crippen LogP contribution in [0.2, 0.25) is 0 Å². The topological polar surface area (TPSA) is 47.6 Å². The molecule has 0 saturated carbocycles. The van der Waals surface area contributed by atoms with Crippen molar-refractivity contribution in [3.63, 3.8) is 0 Å². The van der Waals surface area contributed by atoms with Crippen LogP contribution in [0.25, 0.3) is 0 Å². The van der Waals surface area contributed by atoms with Gasteiger partial charge < -0.3 is 14.8 Å². The standard InChI is InChI=1S/C11H21NO3S/c1-9-10(3-6-15-9)12-5-8-16-7-4-11(13)14-2/h9-10,12H,3-8H2,1-2H3. The van der Waals surface area contributed by atoms with Crippen LogP contribution in [-0.2, 0) is 14.3 Å². The Morgan fingerprint density at radius 1 is 1.56 bits per heavy atom. The van der Waals surface area contributed by atoms with Crippen molar-refractivity contribution in [3.05, 3.63) is 0 Å². The number of nitrogens with one attached hydrogen (secondary N) is 1. The molecule has 2 unspecified atom stereocenters. The highest BCUT2D eigenvalue weighted by Crippen LogP contribution is 2.12. The third kappa shape index (κ3) is 5.18. The Kier molecular flexibility index (Phi) is 6.84. The van der Waals surface area contributed by atoms with Crippen LogP contribution in [0, 0.1) is 0 Å². The monoisotopic (exact) mass is 247 g/mol. The number of esters is 1. The van der Waals surface area contributed by atoms with Gasteiger partial charge in [-0.2, -0.15) is 11.8 Å². The molecule has 2 atom stereocenters. The summed E-state index contributed by atoms with van der Waals surface area (Å²) in [5, 5.41) is 3.47. The van der Waals surface area contributed by atoms with Crippen molar-refractivity contribution in [2.24, 2.45) is 0 Å². The van der Waals surface area contributed by atoms with Crippen LogP contribution in [0.4, 0.5) is 0 Å². The van der Waals surface area contributed by atoms with Crippen molar-refractivity contribution in [3.8, 4) is 0 Å². The van der Waals surface area contributed by atoms with Crippen LogP contribution >= 0.6 is 11.8 Å². The quantitative estimate of drug-likeness (QED) is 0.538. The first-order valence-electron chi connectivity index (χ1n) is 5.73. The van der Waals surface area contributed by atoms with Crippen molar-refractivity contribution >= 4 is 17.7 Å². The summed E-state index contributed by atoms with van der Waals surface area (Å²) in [5.41, 5.74) is 0. The molecule has 0 aromatic heterocycles. The fraction of sp³-hybridized carbons (Fsp3) is 0.909. The van der Waals surface area contributed by atoms with E-state index in [4.69, 9.17) is 4.74 Å². The average molecular weight is 247 g/mol. The molecule has 0 amide bonds. The Morgan fingerprint density at radius 3 is 3.00 bits per heavy atom. The van der Waals surface area contributed by atoms with E-state index in [1.807, 2.05) is 0 Å². The largest absolute Gasteiger partial charge is 0.469 e. The highest BCUT2D eigenvalue weighted by molar-refractivity contribution is 7.99. The predicted octanol–water partition coefficient (Wildman–Crippen LogP) is 1.05. The summed E-state index contributed by atoms with van der Waals surface area (Å²) in [7, 11) is 1.43. The summed E-state index contributed by atoms with van der Waals surface area (Å²) in [6.45, 7) is 3.95. The Labute approximate surface area is 101 Å². The average Bonchev–Trinajstić information content (AvgIpc) is 2.69. The summed E-state index contributed by atoms with van der Waals surface area (Å²) in [6.07, 6.45) is 1.94. The number of ether oxygens (including phenoxy) is 2. The Bertz CT molecular complexity index is 213. The maximum absolute atomic E-state index is 10.8. The first kappa shape index (κ1) is 13.8. The molecule has 0 bridgehead atoms. The number of rotatable bonds is 7. The molecule has 16 heavy (non-hydrogen) atoms. The molecule has 0 spiro atoms. The van der Waals surface area contributed by atoms with Gasteiger partial charge in [-0.25, -0.2) is 0 Å². The van der Waals surface area contributed by atoms with E-state index in [1.54, 1.807) is 11.8 Å². The van der Waals surface area contributed by atoms with Crippen molar-refractivity contribution in [1.82, 2.24) is 5.32 Å². The van der Waals surface area contributed by atoms with Gasteiger partial charge in [-0.05, 0) is 13.3 Å². The zero-order valence-corrected chi connectivity index (χ0v) is 10.8. The van der Waals surface area contributed by atoms with Crippen molar-refractivity contribution < 1.29 is 14.3 Å². The molecule has 5 heteroatoms. The van der Waals surface area contributed by atoms with E-state index in [1.165, 1.54) is 7.11 Å². The maximum Gasteiger partial charge on any atom is 0.306 e. The summed E-state index contributed by atoms with van der Waals surface area (Å²) in [5.74, 6) is 1.74. The van der Waals surface area contributed by atoms with Gasteiger partial charge in [-0.1, -0.05) is 0 Å². The number of carbonyl (C=O) groups excluding carboxylic acids is 1. The fourth-order valence-electron chi connectivity index (χ4n) is 1.68. The molecular weight excluding hydrogens is 226 g/mol. The zero-order valence-electron chi connectivity index (χ0n) is 10.0. The lowest BCUT2D eigenvalue weighted by Crippen LogP contribution is -2.36. The van der Waals surface area contributed by atoms with E-state index in [2.05, 4.69) is 17.0 Å². The minimum atomic E-state index is -0.127. The molecule has 0 radical (unpaired) electrons. The van der Waals surface area contributed by atoms with Crippen molar-refractivity contribution in [2.45, 2.75) is 31.9 Å². The molecule has 1 fully saturated rings. The smallest absolute Gasteiger partial charge is 0.306 e. The van der Waals surface area contributed by atoms with Crippen molar-refractivity contribution in [1.29, 1.82) is 0 Å². The second-order valence-corrected chi connectivity index (χ2v) is 5.09. The van der Waals surface area contributed by atoms with Gasteiger partial charge in [0.25, 0.3) is 0 Å². The van der Waals surface area contributed by atoms with E-state index in [9.17, 15) is 4.79 Å². The van der Waals surface area contributed by atoms with Crippen LogP contribution in [0.1, 0.15) is 19.8 Å². The van der Waals surface area contributed by atoms with Gasteiger partial charge in [0, 0.05) is 30.7 Å². The minimum Gasteiger partial charge on any atom is -0.469 e. The maximum atomic E-state index is 10.8. The van der Waals surface area contributed by atoms with Gasteiger partial charge >= 0.3 is 5.97 Å². The SMILES string of the molecule is COC(=O)CCSCCNC1CCOC1C. The molecule has 1 saturated heterocycles. The fourth-order valence-corrected chi connectivity index (χ4v) is 2.45. The number of carbonyl (C=O) groups is 1. The van der Waals surface area contributed by atoms with E-state index in [0.29, 0.717) is 18.6 Å². The highest BCUT2D eigenvalue weighted by Gasteiger charge is 2.22. The number of thioether (sulfide) groups is 1. The number of hydrogen-bond donors (Lipinski definition) is 1. The lowest BCUT2D eigenvalue weighted by molar-refractivity contribution is -0.140. The zero-order chi connectivity index (χ0) is 11.8. The van der Waals surface area contributed by atoms with Crippen LogP contribution in [0.15, 0.2) is 0 Å². The van der Waals surface area contributed by atoms with E-state index in [-0.39, 0.29) is 5.97 Å². The third-order valence-electron chi connectivity index (χ3n) is 2.71. The van der Waals surface area contributed by atoms with E-state index >= 15 is 0 Å². The molecule has 1 N–H and O–H groups in total. The summed E-state index contributed by atoms with van der Waals surface area (Å²) in [4.78, 5) is 10.8. The Morgan fingerprint density at radius 2 is 2.38 bits per heavy atom. The third-order valence-corrected chi connectivity index (χ3v) is 3.69. The lowest BCUT2D eigenvalue weighted by atomic mass is 10.2. The Balaban J connectivity index is 1.90. The van der Waals surface area contributed by atoms with Crippen LogP contribution in [0.5, 0.6) is 0 Å². The second kappa shape index (κ2) is 7.92. The van der Waals surface area contributed by atoms with Crippen LogP contribution in [-0.4, -0.2) is 49.9 Å². The summed E-state index contributed by atoms with van der Waals surface area (Å²) < 4.78 is 10.0. The summed E-state index contributed by atoms with van der Waals surface area (Å²) >= 11 is 1.78. The van der Waals surface area contributed by atoms with Gasteiger partial charge in [0.15, 0.2) is 0 Å². The molecule has 0 aromatic carbocycles. The van der Waals surface area contributed by atoms with Gasteiger partial charge in [-0.15, -0.1) is 0 Å². The second-order valence-electron chi connectivity index (χ2n) is 3.86. The molecule has 1 rings (SSSR count).